The number of hydrogen-bond acceptors (Lipinski definition) is 5. The summed E-state index contributed by atoms with van der Waals surface area (Å²) in [6, 6.07) is 19.3. The Labute approximate surface area is 202 Å². The Morgan fingerprint density at radius 2 is 1.54 bits per heavy atom. The minimum atomic E-state index is -1.31. The fraction of sp³-hybridized carbons (Fsp3) is 0.222. The summed E-state index contributed by atoms with van der Waals surface area (Å²) in [5.41, 5.74) is 4.40. The van der Waals surface area contributed by atoms with Crippen LogP contribution in [0.25, 0.3) is 11.1 Å². The molecule has 2 amide bonds. The number of carbonyl (C=O) groups is 3. The third-order valence-corrected chi connectivity index (χ3v) is 6.35. The van der Waals surface area contributed by atoms with Gasteiger partial charge >= 0.3 is 12.1 Å². The van der Waals surface area contributed by atoms with E-state index in [0.29, 0.717) is 0 Å². The standard InChI is InChI=1S/C27H26N2O6/c1-15(25(31)29-17-11-12-24(30)22(13-17)26(32)33)16(2)28-27(34)35-14-23-20-9-5-3-7-18(20)19-8-4-6-10-21(19)23/h3-13,15-16,23,30H,14H2,1-2H3,(H,28,34)(H,29,31)(H,32,33). The Kier molecular flexibility index (Phi) is 6.73. The predicted molar refractivity (Wildman–Crippen MR) is 131 cm³/mol. The maximum absolute atomic E-state index is 12.6. The highest BCUT2D eigenvalue weighted by Gasteiger charge is 2.29. The zero-order chi connectivity index (χ0) is 25.1. The molecule has 4 N–H and O–H groups in total. The minimum Gasteiger partial charge on any atom is -0.507 e. The number of hydrogen-bond donors (Lipinski definition) is 4. The van der Waals surface area contributed by atoms with Crippen LogP contribution in [0, 0.1) is 5.92 Å². The van der Waals surface area contributed by atoms with Crippen molar-refractivity contribution in [2.75, 3.05) is 11.9 Å². The van der Waals surface area contributed by atoms with E-state index in [-0.39, 0.29) is 23.8 Å². The Morgan fingerprint density at radius 3 is 2.14 bits per heavy atom. The number of benzene rings is 3. The van der Waals surface area contributed by atoms with Crippen molar-refractivity contribution in [1.82, 2.24) is 5.32 Å². The van der Waals surface area contributed by atoms with Crippen molar-refractivity contribution in [2.45, 2.75) is 25.8 Å². The lowest BCUT2D eigenvalue weighted by molar-refractivity contribution is -0.120. The van der Waals surface area contributed by atoms with Crippen molar-refractivity contribution in [3.8, 4) is 16.9 Å². The van der Waals surface area contributed by atoms with Gasteiger partial charge in [-0.3, -0.25) is 4.79 Å². The van der Waals surface area contributed by atoms with Crippen LogP contribution in [-0.4, -0.2) is 40.8 Å². The molecule has 0 radical (unpaired) electrons. The summed E-state index contributed by atoms with van der Waals surface area (Å²) in [6.07, 6.45) is -0.628. The van der Waals surface area contributed by atoms with Crippen LogP contribution in [0.1, 0.15) is 41.3 Å². The first-order valence-corrected chi connectivity index (χ1v) is 11.2. The molecule has 0 spiro atoms. The van der Waals surface area contributed by atoms with Gasteiger partial charge in [-0.05, 0) is 47.4 Å². The van der Waals surface area contributed by atoms with Crippen molar-refractivity contribution < 1.29 is 29.3 Å². The smallest absolute Gasteiger partial charge is 0.407 e. The molecule has 0 saturated heterocycles. The van der Waals surface area contributed by atoms with Crippen LogP contribution in [-0.2, 0) is 9.53 Å². The lowest BCUT2D eigenvalue weighted by Crippen LogP contribution is -2.42. The van der Waals surface area contributed by atoms with Crippen molar-refractivity contribution in [3.05, 3.63) is 83.4 Å². The average Bonchev–Trinajstić information content (AvgIpc) is 3.17. The fourth-order valence-electron chi connectivity index (χ4n) is 4.22. The van der Waals surface area contributed by atoms with Crippen molar-refractivity contribution in [1.29, 1.82) is 0 Å². The van der Waals surface area contributed by atoms with Crippen molar-refractivity contribution >= 4 is 23.7 Å². The lowest BCUT2D eigenvalue weighted by atomic mass is 9.98. The first-order chi connectivity index (χ1) is 16.8. The predicted octanol–water partition coefficient (Wildman–Crippen LogP) is 4.59. The van der Waals surface area contributed by atoms with Gasteiger partial charge in [0.25, 0.3) is 0 Å². The number of rotatable bonds is 7. The summed E-state index contributed by atoms with van der Waals surface area (Å²) in [6.45, 7) is 3.49. The molecule has 3 aromatic rings. The highest BCUT2D eigenvalue weighted by molar-refractivity contribution is 5.96. The summed E-state index contributed by atoms with van der Waals surface area (Å²) in [4.78, 5) is 36.3. The molecule has 35 heavy (non-hydrogen) atoms. The van der Waals surface area contributed by atoms with Gasteiger partial charge in [-0.2, -0.15) is 0 Å². The Bertz CT molecular complexity index is 1240. The van der Waals surface area contributed by atoms with E-state index in [4.69, 9.17) is 9.84 Å². The van der Waals surface area contributed by atoms with Gasteiger partial charge in [0.15, 0.2) is 0 Å². The summed E-state index contributed by atoms with van der Waals surface area (Å²) in [5, 5.41) is 24.1. The molecule has 0 bridgehead atoms. The summed E-state index contributed by atoms with van der Waals surface area (Å²) in [7, 11) is 0. The number of fused-ring (bicyclic) bond motifs is 3. The van der Waals surface area contributed by atoms with E-state index in [9.17, 15) is 19.5 Å². The van der Waals surface area contributed by atoms with Crippen LogP contribution in [0.15, 0.2) is 66.7 Å². The Balaban J connectivity index is 1.34. The van der Waals surface area contributed by atoms with E-state index in [1.165, 1.54) is 18.2 Å². The monoisotopic (exact) mass is 474 g/mol. The van der Waals surface area contributed by atoms with Crippen LogP contribution in [0.5, 0.6) is 5.75 Å². The number of alkyl carbamates (subject to hydrolysis) is 1. The Morgan fingerprint density at radius 1 is 0.943 bits per heavy atom. The van der Waals surface area contributed by atoms with Gasteiger partial charge in [0.05, 0.1) is 5.92 Å². The number of anilines is 1. The molecule has 0 aliphatic heterocycles. The molecule has 0 aromatic heterocycles. The first kappa shape index (κ1) is 23.8. The molecule has 0 saturated carbocycles. The van der Waals surface area contributed by atoms with Crippen LogP contribution in [0.3, 0.4) is 0 Å². The third-order valence-electron chi connectivity index (χ3n) is 6.35. The maximum atomic E-state index is 12.6. The van der Waals surface area contributed by atoms with Crippen LogP contribution in [0.4, 0.5) is 10.5 Å². The summed E-state index contributed by atoms with van der Waals surface area (Å²) < 4.78 is 5.54. The van der Waals surface area contributed by atoms with E-state index in [2.05, 4.69) is 22.8 Å². The second-order valence-corrected chi connectivity index (χ2v) is 8.57. The highest BCUT2D eigenvalue weighted by Crippen LogP contribution is 2.44. The number of phenols is 1. The second-order valence-electron chi connectivity index (χ2n) is 8.57. The van der Waals surface area contributed by atoms with Crippen molar-refractivity contribution in [3.63, 3.8) is 0 Å². The maximum Gasteiger partial charge on any atom is 0.407 e. The zero-order valence-electron chi connectivity index (χ0n) is 19.3. The molecule has 8 heteroatoms. The van der Waals surface area contributed by atoms with Gasteiger partial charge in [0.1, 0.15) is 17.9 Å². The number of amides is 2. The molecule has 0 fully saturated rings. The van der Waals surface area contributed by atoms with Crippen molar-refractivity contribution in [2.24, 2.45) is 5.92 Å². The molecule has 0 heterocycles. The van der Waals surface area contributed by atoms with E-state index in [1.54, 1.807) is 13.8 Å². The molecule has 3 aromatic carbocycles. The molecular formula is C27H26N2O6. The van der Waals surface area contributed by atoms with Gasteiger partial charge in [-0.25, -0.2) is 9.59 Å². The number of carboxylic acid groups (broad SMARTS) is 1. The molecule has 1 aliphatic rings. The van der Waals surface area contributed by atoms with Crippen LogP contribution in [0.2, 0.25) is 0 Å². The molecule has 1 aliphatic carbocycles. The Hall–Kier alpha value is -4.33. The van der Waals surface area contributed by atoms with E-state index in [1.807, 2.05) is 36.4 Å². The van der Waals surface area contributed by atoms with Gasteiger partial charge < -0.3 is 25.6 Å². The minimum absolute atomic E-state index is 0.0675. The number of aromatic hydroxyl groups is 1. The number of carboxylic acids is 1. The molecule has 4 rings (SSSR count). The zero-order valence-corrected chi connectivity index (χ0v) is 19.3. The first-order valence-electron chi connectivity index (χ1n) is 11.2. The SMILES string of the molecule is CC(NC(=O)OCC1c2ccccc2-c2ccccc21)C(C)C(=O)Nc1ccc(O)c(C(=O)O)c1. The van der Waals surface area contributed by atoms with Gasteiger partial charge in [-0.15, -0.1) is 0 Å². The van der Waals surface area contributed by atoms with E-state index < -0.39 is 35.7 Å². The topological polar surface area (TPSA) is 125 Å². The van der Waals surface area contributed by atoms with E-state index >= 15 is 0 Å². The van der Waals surface area contributed by atoms with Gasteiger partial charge in [-0.1, -0.05) is 55.5 Å². The lowest BCUT2D eigenvalue weighted by Gasteiger charge is -2.21. The number of ether oxygens (including phenoxy) is 1. The van der Waals surface area contributed by atoms with E-state index in [0.717, 1.165) is 22.3 Å². The van der Waals surface area contributed by atoms with Gasteiger partial charge in [0, 0.05) is 17.6 Å². The highest BCUT2D eigenvalue weighted by atomic mass is 16.5. The normalized spacial score (nSPS) is 13.8. The average molecular weight is 475 g/mol. The summed E-state index contributed by atoms with van der Waals surface area (Å²) in [5.74, 6) is -2.83. The van der Waals surface area contributed by atoms with Crippen LogP contribution < -0.4 is 10.6 Å². The number of aromatic carboxylic acids is 1. The van der Waals surface area contributed by atoms with Crippen LogP contribution >= 0.6 is 0 Å². The summed E-state index contributed by atoms with van der Waals surface area (Å²) >= 11 is 0. The molecule has 180 valence electrons. The van der Waals surface area contributed by atoms with Gasteiger partial charge in [0.2, 0.25) is 5.91 Å². The molecule has 8 nitrogen and oxygen atoms in total. The fourth-order valence-corrected chi connectivity index (χ4v) is 4.22. The largest absolute Gasteiger partial charge is 0.507 e. The quantitative estimate of drug-likeness (QED) is 0.371. The molecule has 2 unspecified atom stereocenters. The third kappa shape index (κ3) is 4.96. The molecule has 2 atom stereocenters. The number of carbonyl (C=O) groups excluding carboxylic acids is 2. The second kappa shape index (κ2) is 9.89. The molecular weight excluding hydrogens is 448 g/mol. The number of nitrogens with one attached hydrogen (secondary N) is 2.